The summed E-state index contributed by atoms with van der Waals surface area (Å²) in [5.41, 5.74) is 1.42. The van der Waals surface area contributed by atoms with Gasteiger partial charge in [0.25, 0.3) is 5.91 Å². The van der Waals surface area contributed by atoms with Crippen LogP contribution in [-0.2, 0) is 4.79 Å². The zero-order chi connectivity index (χ0) is 21.5. The summed E-state index contributed by atoms with van der Waals surface area (Å²) in [7, 11) is 0. The van der Waals surface area contributed by atoms with Crippen LogP contribution in [-0.4, -0.2) is 11.9 Å². The van der Waals surface area contributed by atoms with Crippen molar-refractivity contribution in [1.82, 2.24) is 0 Å². The number of nitrogens with zero attached hydrogens (tertiary/aromatic N) is 1. The lowest BCUT2D eigenvalue weighted by Gasteiger charge is -2.06. The van der Waals surface area contributed by atoms with Crippen LogP contribution < -0.4 is 10.1 Å². The van der Waals surface area contributed by atoms with Gasteiger partial charge in [-0.25, -0.2) is 4.79 Å². The van der Waals surface area contributed by atoms with Gasteiger partial charge in [-0.1, -0.05) is 35.3 Å². The predicted molar refractivity (Wildman–Crippen MR) is 117 cm³/mol. The third-order valence-electron chi connectivity index (χ3n) is 3.95. The molecule has 0 aliphatic heterocycles. The third kappa shape index (κ3) is 5.71. The first-order valence-electron chi connectivity index (χ1n) is 8.71. The molecule has 148 valence electrons. The van der Waals surface area contributed by atoms with Crippen molar-refractivity contribution in [2.45, 2.75) is 0 Å². The number of nitriles is 1. The lowest BCUT2D eigenvalue weighted by molar-refractivity contribution is -0.112. The molecule has 3 aromatic carbocycles. The van der Waals surface area contributed by atoms with Gasteiger partial charge in [0.05, 0.1) is 5.56 Å². The van der Waals surface area contributed by atoms with Crippen molar-refractivity contribution in [1.29, 1.82) is 5.26 Å². The molecule has 1 amide bonds. The van der Waals surface area contributed by atoms with Crippen LogP contribution in [0, 0.1) is 11.3 Å². The summed E-state index contributed by atoms with van der Waals surface area (Å²) in [6.45, 7) is 0. The second-order valence-electron chi connectivity index (χ2n) is 6.10. The Balaban J connectivity index is 1.67. The minimum atomic E-state index is -0.543. The number of amides is 1. The minimum absolute atomic E-state index is 0.0733. The molecule has 0 bridgehead atoms. The van der Waals surface area contributed by atoms with Crippen molar-refractivity contribution in [2.75, 3.05) is 5.32 Å². The number of hydrogen-bond acceptors (Lipinski definition) is 4. The standard InChI is InChI=1S/C23H14Cl2N2O3/c24-18-5-3-16(4-6-18)23(29)30-21-11-1-15(2-12-21)13-17(14-26)22(28)27-20-9-7-19(25)8-10-20/h1-13H,(H,27,28)/b17-13-. The molecule has 0 unspecified atom stereocenters. The van der Waals surface area contributed by atoms with Crippen LogP contribution in [0.25, 0.3) is 6.08 Å². The SMILES string of the molecule is N#C/C(=C/c1ccc(OC(=O)c2ccc(Cl)cc2)cc1)C(=O)Nc1ccc(Cl)cc1. The molecule has 0 radical (unpaired) electrons. The van der Waals surface area contributed by atoms with E-state index in [-0.39, 0.29) is 5.57 Å². The molecule has 0 saturated carbocycles. The van der Waals surface area contributed by atoms with E-state index in [1.165, 1.54) is 6.08 Å². The van der Waals surface area contributed by atoms with Crippen molar-refractivity contribution < 1.29 is 14.3 Å². The molecule has 3 aromatic rings. The minimum Gasteiger partial charge on any atom is -0.423 e. The van der Waals surface area contributed by atoms with E-state index in [0.717, 1.165) is 0 Å². The van der Waals surface area contributed by atoms with Crippen LogP contribution in [0.2, 0.25) is 10.0 Å². The summed E-state index contributed by atoms with van der Waals surface area (Å²) >= 11 is 11.6. The van der Waals surface area contributed by atoms with Gasteiger partial charge in [-0.15, -0.1) is 0 Å². The van der Waals surface area contributed by atoms with Crippen molar-refractivity contribution in [2.24, 2.45) is 0 Å². The number of ether oxygens (including phenoxy) is 1. The molecule has 7 heteroatoms. The van der Waals surface area contributed by atoms with Crippen molar-refractivity contribution in [3.63, 3.8) is 0 Å². The van der Waals surface area contributed by atoms with Gasteiger partial charge in [0.15, 0.2) is 0 Å². The Labute approximate surface area is 183 Å². The van der Waals surface area contributed by atoms with Gasteiger partial charge in [-0.05, 0) is 72.3 Å². The second kappa shape index (κ2) is 9.75. The molecule has 0 atom stereocenters. The van der Waals surface area contributed by atoms with E-state index in [0.29, 0.717) is 32.6 Å². The van der Waals surface area contributed by atoms with Gasteiger partial charge in [-0.2, -0.15) is 5.26 Å². The number of hydrogen-bond donors (Lipinski definition) is 1. The van der Waals surface area contributed by atoms with E-state index in [1.807, 2.05) is 6.07 Å². The van der Waals surface area contributed by atoms with E-state index in [2.05, 4.69) is 5.32 Å². The molecule has 0 aliphatic rings. The highest BCUT2D eigenvalue weighted by Gasteiger charge is 2.11. The molecule has 3 rings (SSSR count). The van der Waals surface area contributed by atoms with Crippen LogP contribution >= 0.6 is 23.2 Å². The lowest BCUT2D eigenvalue weighted by Crippen LogP contribution is -2.13. The summed E-state index contributed by atoms with van der Waals surface area (Å²) in [4.78, 5) is 24.4. The Morgan fingerprint density at radius 1 is 0.867 bits per heavy atom. The first-order valence-corrected chi connectivity index (χ1v) is 9.47. The van der Waals surface area contributed by atoms with Gasteiger partial charge in [0.1, 0.15) is 17.4 Å². The number of carbonyl (C=O) groups is 2. The fourth-order valence-electron chi connectivity index (χ4n) is 2.43. The summed E-state index contributed by atoms with van der Waals surface area (Å²) in [6, 6.07) is 21.2. The second-order valence-corrected chi connectivity index (χ2v) is 6.97. The molecule has 0 saturated heterocycles. The normalized spacial score (nSPS) is 10.8. The molecule has 0 fully saturated rings. The van der Waals surface area contributed by atoms with Gasteiger partial charge in [0, 0.05) is 15.7 Å². The average Bonchev–Trinajstić information content (AvgIpc) is 2.75. The molecule has 0 spiro atoms. The fraction of sp³-hybridized carbons (Fsp3) is 0. The van der Waals surface area contributed by atoms with Crippen LogP contribution in [0.4, 0.5) is 5.69 Å². The number of rotatable bonds is 5. The molecule has 1 N–H and O–H groups in total. The molecular formula is C23H14Cl2N2O3. The summed E-state index contributed by atoms with van der Waals surface area (Å²) < 4.78 is 5.30. The number of esters is 1. The average molecular weight is 437 g/mol. The van der Waals surface area contributed by atoms with E-state index >= 15 is 0 Å². The monoisotopic (exact) mass is 436 g/mol. The van der Waals surface area contributed by atoms with Crippen molar-refractivity contribution in [3.05, 3.63) is 99.5 Å². The molecular weight excluding hydrogens is 423 g/mol. The smallest absolute Gasteiger partial charge is 0.343 e. The zero-order valence-electron chi connectivity index (χ0n) is 15.4. The first-order chi connectivity index (χ1) is 14.4. The number of carbonyl (C=O) groups excluding carboxylic acids is 2. The van der Waals surface area contributed by atoms with Gasteiger partial charge in [0.2, 0.25) is 0 Å². The van der Waals surface area contributed by atoms with Gasteiger partial charge in [-0.3, -0.25) is 4.79 Å². The van der Waals surface area contributed by atoms with Crippen molar-refractivity contribution in [3.8, 4) is 11.8 Å². The maximum absolute atomic E-state index is 12.3. The predicted octanol–water partition coefficient (Wildman–Crippen LogP) is 5.76. The highest BCUT2D eigenvalue weighted by atomic mass is 35.5. The van der Waals surface area contributed by atoms with Crippen LogP contribution in [0.5, 0.6) is 5.75 Å². The number of benzene rings is 3. The van der Waals surface area contributed by atoms with Crippen molar-refractivity contribution >= 4 is 46.8 Å². The molecule has 30 heavy (non-hydrogen) atoms. The van der Waals surface area contributed by atoms with Crippen LogP contribution in [0.15, 0.2) is 78.4 Å². The lowest BCUT2D eigenvalue weighted by atomic mass is 10.1. The third-order valence-corrected chi connectivity index (χ3v) is 4.45. The topological polar surface area (TPSA) is 79.2 Å². The Kier molecular flexibility index (Phi) is 6.87. The summed E-state index contributed by atoms with van der Waals surface area (Å²) in [5, 5.41) is 13.0. The summed E-state index contributed by atoms with van der Waals surface area (Å²) in [6.07, 6.45) is 1.44. The maximum Gasteiger partial charge on any atom is 0.343 e. The van der Waals surface area contributed by atoms with Gasteiger partial charge >= 0.3 is 5.97 Å². The molecule has 5 nitrogen and oxygen atoms in total. The molecule has 0 heterocycles. The highest BCUT2D eigenvalue weighted by molar-refractivity contribution is 6.31. The Morgan fingerprint density at radius 3 is 2.00 bits per heavy atom. The van der Waals surface area contributed by atoms with E-state index in [9.17, 15) is 14.9 Å². The van der Waals surface area contributed by atoms with E-state index in [4.69, 9.17) is 27.9 Å². The summed E-state index contributed by atoms with van der Waals surface area (Å²) in [5.74, 6) is -0.732. The molecule has 0 aromatic heterocycles. The first kappa shape index (κ1) is 21.1. The fourth-order valence-corrected chi connectivity index (χ4v) is 2.68. The number of nitrogens with one attached hydrogen (secondary N) is 1. The van der Waals surface area contributed by atoms with Crippen LogP contribution in [0.3, 0.4) is 0 Å². The zero-order valence-corrected chi connectivity index (χ0v) is 16.9. The largest absolute Gasteiger partial charge is 0.423 e. The molecule has 0 aliphatic carbocycles. The van der Waals surface area contributed by atoms with E-state index in [1.54, 1.807) is 72.8 Å². The number of anilines is 1. The maximum atomic E-state index is 12.3. The highest BCUT2D eigenvalue weighted by Crippen LogP contribution is 2.18. The quantitative estimate of drug-likeness (QED) is 0.238. The van der Waals surface area contributed by atoms with E-state index < -0.39 is 11.9 Å². The Hall–Kier alpha value is -3.59. The van der Waals surface area contributed by atoms with Gasteiger partial charge < -0.3 is 10.1 Å². The Bertz CT molecular complexity index is 1130. The Morgan fingerprint density at radius 2 is 1.43 bits per heavy atom. The van der Waals surface area contributed by atoms with Crippen LogP contribution in [0.1, 0.15) is 15.9 Å². The number of halogens is 2.